The van der Waals surface area contributed by atoms with Crippen molar-refractivity contribution in [2.24, 2.45) is 0 Å². The van der Waals surface area contributed by atoms with E-state index in [1.165, 1.54) is 4.90 Å². The van der Waals surface area contributed by atoms with E-state index in [-0.39, 0.29) is 11.3 Å². The molecule has 0 bridgehead atoms. The minimum absolute atomic E-state index is 0.00555. The van der Waals surface area contributed by atoms with E-state index in [0.717, 1.165) is 21.5 Å². The Morgan fingerprint density at radius 1 is 0.375 bits per heavy atom. The molecule has 2 heteroatoms. The van der Waals surface area contributed by atoms with Gasteiger partial charge in [-0.05, 0) is 109 Å². The molecule has 11 rings (SSSR count). The van der Waals surface area contributed by atoms with E-state index in [1.807, 2.05) is 72.8 Å². The lowest BCUT2D eigenvalue weighted by Crippen LogP contribution is -2.11. The third-order valence-electron chi connectivity index (χ3n) is 10.1. The second kappa shape index (κ2) is 13.2. The molecular weight excluding hydrogens is 679 g/mol. The SMILES string of the molecule is [2H]c1c([2H])c(N(c2ccccc2-c2cccc3oc4cc5ccccc5cc4c23)c2c([2H])c([2H])c(-c3c([2H])c([2H])c([2H])c4c([2H])c([2H])c([2H])c([2H])c34)c([2H])c2[2H])c([2H])c([2H])c1-c1cccc2ccccc12. The van der Waals surface area contributed by atoms with E-state index in [9.17, 15) is 11.0 Å². The van der Waals surface area contributed by atoms with Crippen LogP contribution in [0.1, 0.15) is 20.6 Å². The van der Waals surface area contributed by atoms with E-state index in [2.05, 4.69) is 0 Å². The standard InChI is InChI=1S/C54H35NO/c1-2-15-41-35-53-50(34-40(41)14-1)54-49(23-11-25-52(54)56-53)48-20-7-8-24-51(48)55(42-30-26-38(27-31-42)46-21-9-16-36-12-3-5-18-44(36)46)43-32-28-39(29-33-43)47-22-10-17-37-13-4-6-19-45(37)47/h1-35H/i3D,5D,9D,12D,16D,18D,21D,26D,27D,28D,29D,30D,31D,32D,33D. The molecule has 0 saturated heterocycles. The van der Waals surface area contributed by atoms with E-state index >= 15 is 0 Å². The molecule has 10 aromatic carbocycles. The number of anilines is 3. The van der Waals surface area contributed by atoms with Gasteiger partial charge in [0.2, 0.25) is 0 Å². The van der Waals surface area contributed by atoms with Gasteiger partial charge in [0, 0.05) is 27.7 Å². The van der Waals surface area contributed by atoms with E-state index < -0.39 is 124 Å². The number of rotatable bonds is 6. The van der Waals surface area contributed by atoms with Crippen LogP contribution in [0.4, 0.5) is 17.1 Å². The normalized spacial score (nSPS) is 15.3. The Balaban J connectivity index is 1.25. The summed E-state index contributed by atoms with van der Waals surface area (Å²) in [5, 5.41) is 3.95. The zero-order valence-electron chi connectivity index (χ0n) is 44.4. The van der Waals surface area contributed by atoms with Gasteiger partial charge < -0.3 is 9.32 Å². The Hall–Kier alpha value is -7.42. The van der Waals surface area contributed by atoms with Gasteiger partial charge in [-0.25, -0.2) is 0 Å². The quantitative estimate of drug-likeness (QED) is 0.169. The predicted octanol–water partition coefficient (Wildman–Crippen LogP) is 15.5. The summed E-state index contributed by atoms with van der Waals surface area (Å²) in [4.78, 5) is 1.19. The summed E-state index contributed by atoms with van der Waals surface area (Å²) >= 11 is 0. The molecule has 0 N–H and O–H groups in total. The maximum absolute atomic E-state index is 9.82. The molecular formula is C54H35NO. The molecule has 1 heterocycles. The van der Waals surface area contributed by atoms with Gasteiger partial charge in [0.05, 0.1) is 26.2 Å². The molecule has 0 unspecified atom stereocenters. The van der Waals surface area contributed by atoms with Crippen molar-refractivity contribution in [1.29, 1.82) is 0 Å². The van der Waals surface area contributed by atoms with Crippen LogP contribution in [0, 0.1) is 0 Å². The molecule has 0 amide bonds. The van der Waals surface area contributed by atoms with Gasteiger partial charge in [0.25, 0.3) is 0 Å². The third-order valence-corrected chi connectivity index (χ3v) is 10.1. The topological polar surface area (TPSA) is 16.4 Å². The highest BCUT2D eigenvalue weighted by Gasteiger charge is 2.21. The highest BCUT2D eigenvalue weighted by atomic mass is 16.3. The minimum atomic E-state index is -0.805. The van der Waals surface area contributed by atoms with Gasteiger partial charge in [0.1, 0.15) is 11.2 Å². The molecule has 262 valence electrons. The smallest absolute Gasteiger partial charge is 0.136 e. The maximum Gasteiger partial charge on any atom is 0.136 e. The van der Waals surface area contributed by atoms with Crippen LogP contribution >= 0.6 is 0 Å². The molecule has 2 nitrogen and oxygen atoms in total. The Morgan fingerprint density at radius 3 is 1.80 bits per heavy atom. The molecule has 0 aliphatic rings. The van der Waals surface area contributed by atoms with Gasteiger partial charge in [-0.3, -0.25) is 0 Å². The van der Waals surface area contributed by atoms with Crippen molar-refractivity contribution in [2.45, 2.75) is 0 Å². The van der Waals surface area contributed by atoms with Gasteiger partial charge in [0.15, 0.2) is 0 Å². The zero-order chi connectivity index (χ0) is 50.1. The lowest BCUT2D eigenvalue weighted by atomic mass is 9.95. The van der Waals surface area contributed by atoms with Crippen molar-refractivity contribution in [3.63, 3.8) is 0 Å². The summed E-state index contributed by atoms with van der Waals surface area (Å²) in [6.45, 7) is 0. The van der Waals surface area contributed by atoms with Crippen LogP contribution in [-0.2, 0) is 0 Å². The summed E-state index contributed by atoms with van der Waals surface area (Å²) in [6.07, 6.45) is 0. The molecule has 0 fully saturated rings. The van der Waals surface area contributed by atoms with Crippen molar-refractivity contribution in [1.82, 2.24) is 0 Å². The molecule has 0 aliphatic carbocycles. The molecule has 56 heavy (non-hydrogen) atoms. The number of nitrogens with zero attached hydrogens (tertiary/aromatic N) is 1. The van der Waals surface area contributed by atoms with Gasteiger partial charge >= 0.3 is 0 Å². The highest BCUT2D eigenvalue weighted by Crippen LogP contribution is 2.46. The first-order chi connectivity index (χ1) is 34.0. The van der Waals surface area contributed by atoms with Crippen molar-refractivity contribution in [3.05, 3.63) is 212 Å². The van der Waals surface area contributed by atoms with Crippen molar-refractivity contribution in [3.8, 4) is 33.4 Å². The van der Waals surface area contributed by atoms with Crippen LogP contribution in [0.2, 0.25) is 0 Å². The second-order valence-electron chi connectivity index (χ2n) is 13.3. The van der Waals surface area contributed by atoms with Crippen molar-refractivity contribution >= 4 is 71.3 Å². The van der Waals surface area contributed by atoms with Crippen LogP contribution in [0.25, 0.3) is 87.6 Å². The van der Waals surface area contributed by atoms with Gasteiger partial charge in [-0.15, -0.1) is 0 Å². The number of benzene rings is 10. The van der Waals surface area contributed by atoms with Crippen LogP contribution < -0.4 is 4.90 Å². The molecule has 0 saturated carbocycles. The second-order valence-corrected chi connectivity index (χ2v) is 13.3. The van der Waals surface area contributed by atoms with Crippen LogP contribution in [0.15, 0.2) is 216 Å². The van der Waals surface area contributed by atoms with Gasteiger partial charge in [-0.2, -0.15) is 0 Å². The van der Waals surface area contributed by atoms with Crippen molar-refractivity contribution in [2.75, 3.05) is 4.90 Å². The van der Waals surface area contributed by atoms with Crippen LogP contribution in [0.5, 0.6) is 0 Å². The van der Waals surface area contributed by atoms with E-state index in [1.54, 1.807) is 48.5 Å². The van der Waals surface area contributed by atoms with E-state index in [0.29, 0.717) is 38.6 Å². The van der Waals surface area contributed by atoms with E-state index in [4.69, 9.17) is 14.0 Å². The van der Waals surface area contributed by atoms with Crippen LogP contribution in [-0.4, -0.2) is 0 Å². The summed E-state index contributed by atoms with van der Waals surface area (Å²) in [7, 11) is 0. The number of hydrogen-bond donors (Lipinski definition) is 0. The monoisotopic (exact) mass is 728 g/mol. The number of furan rings is 1. The number of fused-ring (bicyclic) bond motifs is 6. The fraction of sp³-hybridized carbons (Fsp3) is 0. The largest absolute Gasteiger partial charge is 0.456 e. The zero-order valence-corrected chi connectivity index (χ0v) is 29.4. The Bertz CT molecular complexity index is 4080. The Morgan fingerprint density at radius 2 is 0.982 bits per heavy atom. The fourth-order valence-electron chi connectivity index (χ4n) is 7.52. The molecule has 0 spiro atoms. The first kappa shape index (κ1) is 20.3. The average Bonchev–Trinajstić information content (AvgIpc) is 3.75. The first-order valence-electron chi connectivity index (χ1n) is 25.5. The average molecular weight is 729 g/mol. The first-order valence-corrected chi connectivity index (χ1v) is 18.0. The summed E-state index contributed by atoms with van der Waals surface area (Å²) < 4.78 is 145. The van der Waals surface area contributed by atoms with Crippen LogP contribution in [0.3, 0.4) is 0 Å². The Kier molecular flexibility index (Phi) is 4.77. The third kappa shape index (κ3) is 5.34. The molecule has 0 radical (unpaired) electrons. The minimum Gasteiger partial charge on any atom is -0.456 e. The number of hydrogen-bond acceptors (Lipinski definition) is 2. The predicted molar refractivity (Wildman–Crippen MR) is 237 cm³/mol. The summed E-state index contributed by atoms with van der Waals surface area (Å²) in [5.74, 6) is 0. The molecule has 0 atom stereocenters. The van der Waals surface area contributed by atoms with Gasteiger partial charge in [-0.1, -0.05) is 164 Å². The van der Waals surface area contributed by atoms with Crippen molar-refractivity contribution < 1.29 is 25.0 Å². The number of para-hydroxylation sites is 1. The lowest BCUT2D eigenvalue weighted by Gasteiger charge is -2.28. The molecule has 11 aromatic rings. The maximum atomic E-state index is 9.82. The Labute approximate surface area is 346 Å². The fourth-order valence-corrected chi connectivity index (χ4v) is 7.52. The highest BCUT2D eigenvalue weighted by molar-refractivity contribution is 6.16. The molecule has 0 aliphatic heterocycles. The summed E-state index contributed by atoms with van der Waals surface area (Å²) in [6, 6.07) is 26.4. The summed E-state index contributed by atoms with van der Waals surface area (Å²) in [5.41, 5.74) is 0.673. The lowest BCUT2D eigenvalue weighted by molar-refractivity contribution is 0.669. The molecule has 1 aromatic heterocycles.